The lowest BCUT2D eigenvalue weighted by molar-refractivity contribution is 0.0658. The van der Waals surface area contributed by atoms with Crippen molar-refractivity contribution in [3.8, 4) is 5.75 Å². The van der Waals surface area contributed by atoms with Crippen LogP contribution in [-0.4, -0.2) is 43.3 Å². The topological polar surface area (TPSA) is 21.7 Å². The van der Waals surface area contributed by atoms with Crippen LogP contribution in [-0.2, 0) is 4.74 Å². The van der Waals surface area contributed by atoms with E-state index in [2.05, 4.69) is 4.90 Å². The number of nitrogens with zero attached hydrogens (tertiary/aromatic N) is 1. The second-order valence-corrected chi connectivity index (χ2v) is 5.21. The Balaban J connectivity index is 1.60. The number of ether oxygens (including phenoxy) is 2. The summed E-state index contributed by atoms with van der Waals surface area (Å²) in [6.07, 6.45) is 4.23. The molecule has 3 rings (SSSR count). The minimum atomic E-state index is 0.162. The van der Waals surface area contributed by atoms with E-state index in [1.165, 1.54) is 19.3 Å². The van der Waals surface area contributed by atoms with Gasteiger partial charge in [-0.2, -0.15) is 0 Å². The normalized spacial score (nSPS) is 26.3. The van der Waals surface area contributed by atoms with Gasteiger partial charge in [0, 0.05) is 19.1 Å². The Morgan fingerprint density at radius 3 is 2.72 bits per heavy atom. The van der Waals surface area contributed by atoms with E-state index >= 15 is 0 Å². The molecule has 2 aliphatic rings. The highest BCUT2D eigenvalue weighted by Crippen LogP contribution is 2.26. The van der Waals surface area contributed by atoms with Crippen molar-refractivity contribution in [2.45, 2.75) is 31.4 Å². The highest BCUT2D eigenvalue weighted by atomic mass is 16.5. The first kappa shape index (κ1) is 12.0. The van der Waals surface area contributed by atoms with Crippen molar-refractivity contribution in [3.05, 3.63) is 30.3 Å². The lowest BCUT2D eigenvalue weighted by Gasteiger charge is -2.37. The number of para-hydroxylation sites is 1. The van der Waals surface area contributed by atoms with Gasteiger partial charge >= 0.3 is 0 Å². The molecule has 3 nitrogen and oxygen atoms in total. The van der Waals surface area contributed by atoms with E-state index in [9.17, 15) is 0 Å². The van der Waals surface area contributed by atoms with Crippen LogP contribution in [0.1, 0.15) is 19.3 Å². The Bertz CT molecular complexity index is 364. The zero-order valence-corrected chi connectivity index (χ0v) is 10.8. The predicted molar refractivity (Wildman–Crippen MR) is 70.9 cm³/mol. The van der Waals surface area contributed by atoms with E-state index < -0.39 is 0 Å². The molecule has 1 aliphatic carbocycles. The molecule has 0 spiro atoms. The molecule has 0 amide bonds. The Labute approximate surface area is 109 Å². The molecule has 18 heavy (non-hydrogen) atoms. The van der Waals surface area contributed by atoms with E-state index in [0.717, 1.165) is 31.5 Å². The summed E-state index contributed by atoms with van der Waals surface area (Å²) in [6, 6.07) is 10.8. The minimum Gasteiger partial charge on any atom is -0.487 e. The first-order valence-electron chi connectivity index (χ1n) is 6.95. The molecule has 0 N–H and O–H groups in total. The molecule has 1 aliphatic heterocycles. The molecule has 0 bridgehead atoms. The molecule has 1 saturated carbocycles. The summed E-state index contributed by atoms with van der Waals surface area (Å²) in [5.74, 6) is 0.946. The molecule has 0 unspecified atom stereocenters. The van der Waals surface area contributed by atoms with Gasteiger partial charge in [0.15, 0.2) is 0 Å². The molecule has 1 saturated heterocycles. The van der Waals surface area contributed by atoms with E-state index in [1.807, 2.05) is 30.3 Å². The molecular formula is C15H21NO2. The van der Waals surface area contributed by atoms with Crippen LogP contribution >= 0.6 is 0 Å². The second kappa shape index (κ2) is 5.72. The Morgan fingerprint density at radius 2 is 2.00 bits per heavy atom. The van der Waals surface area contributed by atoms with Crippen LogP contribution in [0.3, 0.4) is 0 Å². The number of hydrogen-bond donors (Lipinski definition) is 0. The van der Waals surface area contributed by atoms with Crippen LogP contribution in [0.2, 0.25) is 0 Å². The van der Waals surface area contributed by atoms with Crippen LogP contribution in [0.25, 0.3) is 0 Å². The maximum atomic E-state index is 6.02. The van der Waals surface area contributed by atoms with Crippen molar-refractivity contribution in [3.63, 3.8) is 0 Å². The summed E-state index contributed by atoms with van der Waals surface area (Å²) in [6.45, 7) is 3.60. The first-order valence-corrected chi connectivity index (χ1v) is 6.95. The molecule has 1 atom stereocenters. The maximum Gasteiger partial charge on any atom is 0.135 e. The fourth-order valence-electron chi connectivity index (χ4n) is 2.65. The van der Waals surface area contributed by atoms with Gasteiger partial charge in [0.05, 0.1) is 13.2 Å². The average Bonchev–Trinajstić information content (AvgIpc) is 2.54. The summed E-state index contributed by atoms with van der Waals surface area (Å²) in [4.78, 5) is 2.55. The van der Waals surface area contributed by atoms with Crippen molar-refractivity contribution in [1.29, 1.82) is 0 Å². The van der Waals surface area contributed by atoms with Gasteiger partial charge in [-0.15, -0.1) is 0 Å². The molecule has 1 aromatic carbocycles. The van der Waals surface area contributed by atoms with Gasteiger partial charge < -0.3 is 9.47 Å². The molecule has 1 aromatic rings. The predicted octanol–water partition coefficient (Wildman–Crippen LogP) is 2.32. The number of benzene rings is 1. The molecule has 98 valence electrons. The minimum absolute atomic E-state index is 0.162. The van der Waals surface area contributed by atoms with E-state index in [0.29, 0.717) is 6.61 Å². The summed E-state index contributed by atoms with van der Waals surface area (Å²) >= 11 is 0. The number of rotatable bonds is 3. The third kappa shape index (κ3) is 2.85. The molecule has 0 radical (unpaired) electrons. The van der Waals surface area contributed by atoms with Crippen molar-refractivity contribution in [1.82, 2.24) is 4.90 Å². The van der Waals surface area contributed by atoms with Gasteiger partial charge in [-0.1, -0.05) is 24.6 Å². The summed E-state index contributed by atoms with van der Waals surface area (Å²) in [7, 11) is 0. The Hall–Kier alpha value is -1.06. The zero-order chi connectivity index (χ0) is 12.2. The van der Waals surface area contributed by atoms with Crippen LogP contribution in [0.5, 0.6) is 5.75 Å². The van der Waals surface area contributed by atoms with Gasteiger partial charge in [-0.3, -0.25) is 4.90 Å². The highest BCUT2D eigenvalue weighted by molar-refractivity contribution is 5.21. The standard InChI is InChI=1S/C15H21NO2/c1-2-7-14(8-3-1)18-15-11-16(9-10-17-12-15)13-5-4-6-13/h1-3,7-8,13,15H,4-6,9-12H2/t15-/m1/s1. The van der Waals surface area contributed by atoms with Gasteiger partial charge in [0.25, 0.3) is 0 Å². The van der Waals surface area contributed by atoms with Crippen LogP contribution in [0.15, 0.2) is 30.3 Å². The third-order valence-electron chi connectivity index (χ3n) is 3.90. The third-order valence-corrected chi connectivity index (χ3v) is 3.90. The summed E-state index contributed by atoms with van der Waals surface area (Å²) in [5.41, 5.74) is 0. The molecular weight excluding hydrogens is 226 g/mol. The molecule has 0 aromatic heterocycles. The van der Waals surface area contributed by atoms with Crippen molar-refractivity contribution >= 4 is 0 Å². The molecule has 3 heteroatoms. The lowest BCUT2D eigenvalue weighted by Crippen LogP contribution is -2.45. The average molecular weight is 247 g/mol. The van der Waals surface area contributed by atoms with Gasteiger partial charge in [0.2, 0.25) is 0 Å². The maximum absolute atomic E-state index is 6.02. The SMILES string of the molecule is c1ccc(O[C@H]2COCCN(C3CCC3)C2)cc1. The smallest absolute Gasteiger partial charge is 0.135 e. The van der Waals surface area contributed by atoms with Gasteiger partial charge in [0.1, 0.15) is 11.9 Å². The van der Waals surface area contributed by atoms with Gasteiger partial charge in [-0.25, -0.2) is 0 Å². The van der Waals surface area contributed by atoms with Crippen molar-refractivity contribution < 1.29 is 9.47 Å². The lowest BCUT2D eigenvalue weighted by atomic mass is 9.91. The van der Waals surface area contributed by atoms with Crippen LogP contribution in [0.4, 0.5) is 0 Å². The van der Waals surface area contributed by atoms with E-state index in [4.69, 9.17) is 9.47 Å². The molecule has 2 fully saturated rings. The monoisotopic (exact) mass is 247 g/mol. The van der Waals surface area contributed by atoms with Gasteiger partial charge in [-0.05, 0) is 25.0 Å². The fraction of sp³-hybridized carbons (Fsp3) is 0.600. The second-order valence-electron chi connectivity index (χ2n) is 5.21. The van der Waals surface area contributed by atoms with E-state index in [-0.39, 0.29) is 6.10 Å². The largest absolute Gasteiger partial charge is 0.487 e. The summed E-state index contributed by atoms with van der Waals surface area (Å²) in [5, 5.41) is 0. The van der Waals surface area contributed by atoms with Crippen LogP contribution < -0.4 is 4.74 Å². The van der Waals surface area contributed by atoms with Crippen molar-refractivity contribution in [2.75, 3.05) is 26.3 Å². The fourth-order valence-corrected chi connectivity index (χ4v) is 2.65. The highest BCUT2D eigenvalue weighted by Gasteiger charge is 2.29. The first-order chi connectivity index (χ1) is 8.92. The van der Waals surface area contributed by atoms with Crippen LogP contribution in [0, 0.1) is 0 Å². The number of hydrogen-bond acceptors (Lipinski definition) is 3. The Morgan fingerprint density at radius 1 is 1.17 bits per heavy atom. The van der Waals surface area contributed by atoms with Crippen molar-refractivity contribution in [2.24, 2.45) is 0 Å². The zero-order valence-electron chi connectivity index (χ0n) is 10.8. The quantitative estimate of drug-likeness (QED) is 0.818. The Kier molecular flexibility index (Phi) is 3.81. The van der Waals surface area contributed by atoms with E-state index in [1.54, 1.807) is 0 Å². The summed E-state index contributed by atoms with van der Waals surface area (Å²) < 4.78 is 11.7. The molecule has 1 heterocycles.